The van der Waals surface area contributed by atoms with Crippen LogP contribution < -0.4 is 4.74 Å². The molecule has 0 fully saturated rings. The molecule has 3 aromatic carbocycles. The van der Waals surface area contributed by atoms with Gasteiger partial charge in [-0.15, -0.1) is 0 Å². The van der Waals surface area contributed by atoms with E-state index >= 15 is 0 Å². The Kier molecular flexibility index (Phi) is 3.89. The van der Waals surface area contributed by atoms with Gasteiger partial charge in [0.2, 0.25) is 0 Å². The van der Waals surface area contributed by atoms with Crippen LogP contribution in [0.5, 0.6) is 5.75 Å². The van der Waals surface area contributed by atoms with Crippen molar-refractivity contribution in [2.24, 2.45) is 0 Å². The van der Waals surface area contributed by atoms with Crippen molar-refractivity contribution < 1.29 is 9.53 Å². The zero-order valence-corrected chi connectivity index (χ0v) is 12.0. The van der Waals surface area contributed by atoms with Crippen molar-refractivity contribution in [2.75, 3.05) is 0 Å². The van der Waals surface area contributed by atoms with Crippen molar-refractivity contribution in [1.82, 2.24) is 0 Å². The van der Waals surface area contributed by atoms with E-state index in [-0.39, 0.29) is 12.4 Å². The van der Waals surface area contributed by atoms with Gasteiger partial charge in [0.15, 0.2) is 0 Å². The SMILES string of the molecule is O=C(Cc1ccc(Cl)cc1)Oc1ccc2ccccc2c1. The minimum atomic E-state index is -0.285. The maximum absolute atomic E-state index is 11.9. The Balaban J connectivity index is 1.72. The van der Waals surface area contributed by atoms with E-state index in [4.69, 9.17) is 16.3 Å². The Bertz CT molecular complexity index is 779. The average Bonchev–Trinajstić information content (AvgIpc) is 2.49. The van der Waals surface area contributed by atoms with Gasteiger partial charge in [-0.25, -0.2) is 0 Å². The second-order valence-electron chi connectivity index (χ2n) is 4.79. The van der Waals surface area contributed by atoms with Crippen molar-refractivity contribution in [3.63, 3.8) is 0 Å². The van der Waals surface area contributed by atoms with Gasteiger partial charge in [0.05, 0.1) is 6.42 Å². The maximum Gasteiger partial charge on any atom is 0.315 e. The molecule has 0 atom stereocenters. The van der Waals surface area contributed by atoms with Crippen molar-refractivity contribution >= 4 is 28.3 Å². The largest absolute Gasteiger partial charge is 0.426 e. The van der Waals surface area contributed by atoms with Gasteiger partial charge >= 0.3 is 5.97 Å². The molecule has 3 aromatic rings. The topological polar surface area (TPSA) is 26.3 Å². The first-order chi connectivity index (χ1) is 10.2. The summed E-state index contributed by atoms with van der Waals surface area (Å²) in [5.74, 6) is 0.278. The van der Waals surface area contributed by atoms with E-state index in [1.165, 1.54) is 0 Å². The van der Waals surface area contributed by atoms with Gasteiger partial charge in [-0.1, -0.05) is 54.1 Å². The molecule has 0 amide bonds. The molecule has 0 saturated carbocycles. The molecule has 0 aliphatic rings. The number of benzene rings is 3. The van der Waals surface area contributed by atoms with Crippen molar-refractivity contribution in [3.05, 3.63) is 77.3 Å². The van der Waals surface area contributed by atoms with Crippen LogP contribution >= 0.6 is 11.6 Å². The van der Waals surface area contributed by atoms with E-state index < -0.39 is 0 Å². The fourth-order valence-corrected chi connectivity index (χ4v) is 2.29. The predicted molar refractivity (Wildman–Crippen MR) is 84.7 cm³/mol. The third kappa shape index (κ3) is 3.41. The highest BCUT2D eigenvalue weighted by molar-refractivity contribution is 6.30. The maximum atomic E-state index is 11.9. The number of esters is 1. The molecule has 0 radical (unpaired) electrons. The number of carbonyl (C=O) groups excluding carboxylic acids is 1. The molecule has 104 valence electrons. The molecule has 3 rings (SSSR count). The Morgan fingerprint density at radius 2 is 1.62 bits per heavy atom. The van der Waals surface area contributed by atoms with Crippen molar-refractivity contribution in [1.29, 1.82) is 0 Å². The molecule has 21 heavy (non-hydrogen) atoms. The van der Waals surface area contributed by atoms with E-state index in [0.717, 1.165) is 16.3 Å². The van der Waals surface area contributed by atoms with Gasteiger partial charge < -0.3 is 4.74 Å². The molecule has 0 aliphatic heterocycles. The normalized spacial score (nSPS) is 10.5. The molecule has 0 aliphatic carbocycles. The first kappa shape index (κ1) is 13.7. The van der Waals surface area contributed by atoms with E-state index in [1.807, 2.05) is 54.6 Å². The zero-order chi connectivity index (χ0) is 14.7. The summed E-state index contributed by atoms with van der Waals surface area (Å²) in [6.07, 6.45) is 0.226. The van der Waals surface area contributed by atoms with E-state index in [0.29, 0.717) is 10.8 Å². The number of halogens is 1. The Morgan fingerprint density at radius 1 is 0.905 bits per heavy atom. The van der Waals surface area contributed by atoms with Crippen molar-refractivity contribution in [3.8, 4) is 5.75 Å². The van der Waals surface area contributed by atoms with E-state index in [2.05, 4.69) is 0 Å². The molecule has 0 heterocycles. The second kappa shape index (κ2) is 5.98. The van der Waals surface area contributed by atoms with Crippen LogP contribution in [0.15, 0.2) is 66.7 Å². The lowest BCUT2D eigenvalue weighted by atomic mass is 10.1. The first-order valence-corrected chi connectivity index (χ1v) is 7.02. The van der Waals surface area contributed by atoms with Crippen LogP contribution in [0.1, 0.15) is 5.56 Å². The molecular weight excluding hydrogens is 284 g/mol. The lowest BCUT2D eigenvalue weighted by Crippen LogP contribution is -2.11. The molecule has 0 N–H and O–H groups in total. The Labute approximate surface area is 127 Å². The van der Waals surface area contributed by atoms with Gasteiger partial charge in [0.1, 0.15) is 5.75 Å². The highest BCUT2D eigenvalue weighted by Gasteiger charge is 2.07. The molecule has 0 bridgehead atoms. The highest BCUT2D eigenvalue weighted by Crippen LogP contribution is 2.21. The molecule has 0 unspecified atom stereocenters. The number of fused-ring (bicyclic) bond motifs is 1. The second-order valence-corrected chi connectivity index (χ2v) is 5.22. The molecule has 0 spiro atoms. The summed E-state index contributed by atoms with van der Waals surface area (Å²) in [6.45, 7) is 0. The van der Waals surface area contributed by atoms with Gasteiger partial charge in [-0.05, 0) is 40.6 Å². The van der Waals surface area contributed by atoms with Crippen LogP contribution in [-0.4, -0.2) is 5.97 Å². The number of carbonyl (C=O) groups is 1. The van der Waals surface area contributed by atoms with E-state index in [9.17, 15) is 4.79 Å². The Morgan fingerprint density at radius 3 is 2.38 bits per heavy atom. The smallest absolute Gasteiger partial charge is 0.315 e. The molecule has 3 heteroatoms. The lowest BCUT2D eigenvalue weighted by molar-refractivity contribution is -0.133. The fraction of sp³-hybridized carbons (Fsp3) is 0.0556. The average molecular weight is 297 g/mol. The molecule has 2 nitrogen and oxygen atoms in total. The summed E-state index contributed by atoms with van der Waals surface area (Å²) >= 11 is 5.82. The standard InChI is InChI=1S/C18H13ClO2/c19-16-8-5-13(6-9-16)11-18(20)21-17-10-7-14-3-1-2-4-15(14)12-17/h1-10,12H,11H2. The number of ether oxygens (including phenoxy) is 1. The van der Waals surface area contributed by atoms with Gasteiger partial charge in [0, 0.05) is 5.02 Å². The fourth-order valence-electron chi connectivity index (χ4n) is 2.17. The van der Waals surface area contributed by atoms with Crippen LogP contribution in [-0.2, 0) is 11.2 Å². The van der Waals surface area contributed by atoms with Crippen molar-refractivity contribution in [2.45, 2.75) is 6.42 Å². The third-order valence-electron chi connectivity index (χ3n) is 3.21. The van der Waals surface area contributed by atoms with Gasteiger partial charge in [-0.3, -0.25) is 4.79 Å². The van der Waals surface area contributed by atoms with Crippen LogP contribution in [0.3, 0.4) is 0 Å². The molecule has 0 aromatic heterocycles. The summed E-state index contributed by atoms with van der Waals surface area (Å²) < 4.78 is 5.38. The number of rotatable bonds is 3. The van der Waals surface area contributed by atoms with Gasteiger partial charge in [0.25, 0.3) is 0 Å². The Hall–Kier alpha value is -2.32. The summed E-state index contributed by atoms with van der Waals surface area (Å²) in [6, 6.07) is 20.8. The van der Waals surface area contributed by atoms with Gasteiger partial charge in [-0.2, -0.15) is 0 Å². The number of hydrogen-bond donors (Lipinski definition) is 0. The zero-order valence-electron chi connectivity index (χ0n) is 11.3. The monoisotopic (exact) mass is 296 g/mol. The summed E-state index contributed by atoms with van der Waals surface area (Å²) in [4.78, 5) is 11.9. The predicted octanol–water partition coefficient (Wildman–Crippen LogP) is 4.64. The van der Waals surface area contributed by atoms with Crippen LogP contribution in [0.4, 0.5) is 0 Å². The molecule has 0 saturated heterocycles. The summed E-state index contributed by atoms with van der Waals surface area (Å²) in [5.41, 5.74) is 0.880. The van der Waals surface area contributed by atoms with Crippen LogP contribution in [0.2, 0.25) is 5.02 Å². The summed E-state index contributed by atoms with van der Waals surface area (Å²) in [5, 5.41) is 2.82. The molecular formula is C18H13ClO2. The van der Waals surface area contributed by atoms with E-state index in [1.54, 1.807) is 12.1 Å². The minimum absolute atomic E-state index is 0.226. The minimum Gasteiger partial charge on any atom is -0.426 e. The lowest BCUT2D eigenvalue weighted by Gasteiger charge is -2.06. The third-order valence-corrected chi connectivity index (χ3v) is 3.47. The van der Waals surface area contributed by atoms with Crippen LogP contribution in [0.25, 0.3) is 10.8 Å². The summed E-state index contributed by atoms with van der Waals surface area (Å²) in [7, 11) is 0. The highest BCUT2D eigenvalue weighted by atomic mass is 35.5. The first-order valence-electron chi connectivity index (χ1n) is 6.65. The number of hydrogen-bond acceptors (Lipinski definition) is 2. The van der Waals surface area contributed by atoms with Crippen LogP contribution in [0, 0.1) is 0 Å². The quantitative estimate of drug-likeness (QED) is 0.520.